The second-order valence-corrected chi connectivity index (χ2v) is 6.29. The normalized spacial score (nSPS) is 12.9. The fraction of sp³-hybridized carbons (Fsp3) is 0.294. The predicted octanol–water partition coefficient (Wildman–Crippen LogP) is 0.809. The summed E-state index contributed by atoms with van der Waals surface area (Å²) in [5.41, 5.74) is -2.14. The molecule has 2 aromatic heterocycles. The van der Waals surface area contributed by atoms with Crippen LogP contribution in [0.15, 0.2) is 40.2 Å². The summed E-state index contributed by atoms with van der Waals surface area (Å²) in [5.74, 6) is -0.720. The van der Waals surface area contributed by atoms with Crippen molar-refractivity contribution >= 4 is 22.8 Å². The standard InChI is InChI=1S/C17H17F3N6O3/c1-21-13(14(27)23-10-6-4-5-9(7-10)17(18,19)20)26-8-22-12-11(26)15(28)25(3)16(29)24(12)2/h4-8,13,21H,1-3H3,(H,23,27). The number of carbonyl (C=O) groups is 1. The average molecular weight is 410 g/mol. The third-order valence-electron chi connectivity index (χ3n) is 4.43. The first-order valence-electron chi connectivity index (χ1n) is 8.34. The number of hydrogen-bond donors (Lipinski definition) is 2. The summed E-state index contributed by atoms with van der Waals surface area (Å²) in [5, 5.41) is 5.09. The van der Waals surface area contributed by atoms with Crippen LogP contribution in [0.1, 0.15) is 11.7 Å². The minimum absolute atomic E-state index is 0.00635. The van der Waals surface area contributed by atoms with Gasteiger partial charge in [0.05, 0.1) is 11.9 Å². The zero-order valence-corrected chi connectivity index (χ0v) is 15.6. The van der Waals surface area contributed by atoms with Crippen LogP contribution in [0.4, 0.5) is 18.9 Å². The van der Waals surface area contributed by atoms with Crippen LogP contribution in [0.5, 0.6) is 0 Å². The number of anilines is 1. The second kappa shape index (κ2) is 7.20. The quantitative estimate of drug-likeness (QED) is 0.663. The van der Waals surface area contributed by atoms with E-state index < -0.39 is 35.1 Å². The molecule has 0 saturated heterocycles. The Morgan fingerprint density at radius 1 is 1.17 bits per heavy atom. The highest BCUT2D eigenvalue weighted by Gasteiger charge is 2.31. The van der Waals surface area contributed by atoms with E-state index in [2.05, 4.69) is 15.6 Å². The molecule has 0 spiro atoms. The van der Waals surface area contributed by atoms with E-state index in [9.17, 15) is 27.6 Å². The number of nitrogens with one attached hydrogen (secondary N) is 2. The lowest BCUT2D eigenvalue weighted by atomic mass is 10.2. The maximum atomic E-state index is 12.9. The zero-order valence-electron chi connectivity index (χ0n) is 15.6. The first kappa shape index (κ1) is 20.3. The van der Waals surface area contributed by atoms with E-state index >= 15 is 0 Å². The van der Waals surface area contributed by atoms with Crippen LogP contribution in [0.3, 0.4) is 0 Å². The maximum absolute atomic E-state index is 12.9. The van der Waals surface area contributed by atoms with Gasteiger partial charge in [0, 0.05) is 19.8 Å². The number of nitrogens with zero attached hydrogens (tertiary/aromatic N) is 4. The molecule has 29 heavy (non-hydrogen) atoms. The Morgan fingerprint density at radius 3 is 2.48 bits per heavy atom. The smallest absolute Gasteiger partial charge is 0.323 e. The first-order valence-corrected chi connectivity index (χ1v) is 8.34. The lowest BCUT2D eigenvalue weighted by Gasteiger charge is -2.19. The second-order valence-electron chi connectivity index (χ2n) is 6.29. The molecule has 1 unspecified atom stereocenters. The number of hydrogen-bond acceptors (Lipinski definition) is 5. The van der Waals surface area contributed by atoms with Crippen molar-refractivity contribution in [2.45, 2.75) is 12.3 Å². The number of aromatic nitrogens is 4. The van der Waals surface area contributed by atoms with Crippen molar-refractivity contribution in [1.82, 2.24) is 24.0 Å². The number of amides is 1. The molecule has 0 aliphatic carbocycles. The topological polar surface area (TPSA) is 103 Å². The van der Waals surface area contributed by atoms with E-state index in [1.807, 2.05) is 0 Å². The van der Waals surface area contributed by atoms with E-state index in [4.69, 9.17) is 0 Å². The van der Waals surface area contributed by atoms with Gasteiger partial charge in [0.15, 0.2) is 17.3 Å². The van der Waals surface area contributed by atoms with Gasteiger partial charge in [-0.25, -0.2) is 9.78 Å². The van der Waals surface area contributed by atoms with Crippen LogP contribution in [0.25, 0.3) is 11.2 Å². The number of carbonyl (C=O) groups excluding carboxylic acids is 1. The summed E-state index contributed by atoms with van der Waals surface area (Å²) in [6.45, 7) is 0. The molecule has 1 atom stereocenters. The molecular formula is C17H17F3N6O3. The van der Waals surface area contributed by atoms with Crippen molar-refractivity contribution in [1.29, 1.82) is 0 Å². The van der Waals surface area contributed by atoms with Gasteiger partial charge in [-0.1, -0.05) is 6.07 Å². The Hall–Kier alpha value is -3.41. The van der Waals surface area contributed by atoms with Gasteiger partial charge in [-0.05, 0) is 25.2 Å². The summed E-state index contributed by atoms with van der Waals surface area (Å²) in [7, 11) is 4.16. The van der Waals surface area contributed by atoms with Crippen LogP contribution >= 0.6 is 0 Å². The molecule has 2 N–H and O–H groups in total. The number of aryl methyl sites for hydroxylation is 1. The Kier molecular flexibility index (Phi) is 5.05. The molecule has 3 aromatic rings. The molecule has 0 fully saturated rings. The highest BCUT2D eigenvalue weighted by molar-refractivity contribution is 5.94. The summed E-state index contributed by atoms with van der Waals surface area (Å²) in [6, 6.07) is 4.18. The molecule has 1 aromatic carbocycles. The van der Waals surface area contributed by atoms with E-state index in [1.54, 1.807) is 0 Å². The largest absolute Gasteiger partial charge is 0.416 e. The van der Waals surface area contributed by atoms with Crippen LogP contribution in [0.2, 0.25) is 0 Å². The monoisotopic (exact) mass is 410 g/mol. The molecule has 12 heteroatoms. The van der Waals surface area contributed by atoms with Gasteiger partial charge in [-0.3, -0.25) is 28.6 Å². The molecule has 9 nitrogen and oxygen atoms in total. The van der Waals surface area contributed by atoms with E-state index in [0.717, 1.165) is 21.3 Å². The third kappa shape index (κ3) is 3.53. The molecule has 154 valence electrons. The Bertz CT molecular complexity index is 1210. The van der Waals surface area contributed by atoms with Crippen molar-refractivity contribution < 1.29 is 18.0 Å². The van der Waals surface area contributed by atoms with Crippen LogP contribution in [0, 0.1) is 0 Å². The Balaban J connectivity index is 2.02. The number of likely N-dealkylation sites (N-methyl/N-ethyl adjacent to an activating group) is 1. The third-order valence-corrected chi connectivity index (χ3v) is 4.43. The van der Waals surface area contributed by atoms with Gasteiger partial charge in [0.2, 0.25) is 0 Å². The first-order chi connectivity index (χ1) is 13.6. The highest BCUT2D eigenvalue weighted by Crippen LogP contribution is 2.30. The number of alkyl halides is 3. The number of benzene rings is 1. The minimum Gasteiger partial charge on any atom is -0.323 e. The minimum atomic E-state index is -4.55. The molecule has 0 aliphatic heterocycles. The van der Waals surface area contributed by atoms with Crippen molar-refractivity contribution in [3.05, 3.63) is 57.0 Å². The van der Waals surface area contributed by atoms with Crippen LogP contribution in [-0.4, -0.2) is 31.6 Å². The molecule has 0 bridgehead atoms. The fourth-order valence-electron chi connectivity index (χ4n) is 2.94. The molecule has 3 rings (SSSR count). The van der Waals surface area contributed by atoms with E-state index in [1.165, 1.54) is 44.2 Å². The predicted molar refractivity (Wildman–Crippen MR) is 98.4 cm³/mol. The molecule has 1 amide bonds. The Labute approximate surface area is 161 Å². The molecule has 0 aliphatic rings. The van der Waals surface area contributed by atoms with Gasteiger partial charge in [0.1, 0.15) is 0 Å². The lowest BCUT2D eigenvalue weighted by Crippen LogP contribution is -2.40. The summed E-state index contributed by atoms with van der Waals surface area (Å²) >= 11 is 0. The summed E-state index contributed by atoms with van der Waals surface area (Å²) < 4.78 is 41.9. The number of rotatable bonds is 4. The van der Waals surface area contributed by atoms with Crippen molar-refractivity contribution in [3.63, 3.8) is 0 Å². The van der Waals surface area contributed by atoms with Crippen LogP contribution < -0.4 is 21.9 Å². The van der Waals surface area contributed by atoms with Gasteiger partial charge >= 0.3 is 11.9 Å². The molecule has 0 radical (unpaired) electrons. The van der Waals surface area contributed by atoms with Crippen molar-refractivity contribution in [2.24, 2.45) is 14.1 Å². The number of imidazole rings is 1. The highest BCUT2D eigenvalue weighted by atomic mass is 19.4. The SMILES string of the molecule is CNC(C(=O)Nc1cccc(C(F)(F)F)c1)n1cnc2c1c(=O)n(C)c(=O)n2C. The lowest BCUT2D eigenvalue weighted by molar-refractivity contribution is -0.137. The van der Waals surface area contributed by atoms with Crippen molar-refractivity contribution in [3.8, 4) is 0 Å². The van der Waals surface area contributed by atoms with Gasteiger partial charge < -0.3 is 5.32 Å². The summed E-state index contributed by atoms with van der Waals surface area (Å²) in [4.78, 5) is 41.3. The average Bonchev–Trinajstić information content (AvgIpc) is 3.09. The fourth-order valence-corrected chi connectivity index (χ4v) is 2.94. The van der Waals surface area contributed by atoms with Crippen LogP contribution in [-0.2, 0) is 25.1 Å². The zero-order chi connectivity index (χ0) is 21.5. The Morgan fingerprint density at radius 2 is 1.86 bits per heavy atom. The number of fused-ring (bicyclic) bond motifs is 1. The molecule has 0 saturated carbocycles. The maximum Gasteiger partial charge on any atom is 0.416 e. The molecule has 2 heterocycles. The van der Waals surface area contributed by atoms with Gasteiger partial charge in [-0.15, -0.1) is 0 Å². The molecular weight excluding hydrogens is 393 g/mol. The van der Waals surface area contributed by atoms with E-state index in [-0.39, 0.29) is 16.9 Å². The van der Waals surface area contributed by atoms with Gasteiger partial charge in [-0.2, -0.15) is 13.2 Å². The van der Waals surface area contributed by atoms with E-state index in [0.29, 0.717) is 0 Å². The number of halogens is 3. The van der Waals surface area contributed by atoms with Gasteiger partial charge in [0.25, 0.3) is 11.5 Å². The van der Waals surface area contributed by atoms with Crippen molar-refractivity contribution in [2.75, 3.05) is 12.4 Å². The summed E-state index contributed by atoms with van der Waals surface area (Å²) in [6.07, 6.45) is -4.52.